The average molecular weight is 413 g/mol. The van der Waals surface area contributed by atoms with Crippen LogP contribution in [-0.2, 0) is 4.74 Å². The number of likely N-dealkylation sites (tertiary alicyclic amines) is 1. The fraction of sp³-hybridized carbons (Fsp3) is 0.636. The van der Waals surface area contributed by atoms with E-state index in [9.17, 15) is 4.79 Å². The number of fused-ring (bicyclic) bond motifs is 1. The van der Waals surface area contributed by atoms with Gasteiger partial charge in [0, 0.05) is 37.9 Å². The number of hydrogen-bond acceptors (Lipinski definition) is 7. The molecule has 0 spiro atoms. The minimum Gasteiger partial charge on any atom is -0.378 e. The highest BCUT2D eigenvalue weighted by Crippen LogP contribution is 2.27. The van der Waals surface area contributed by atoms with Gasteiger partial charge in [0.2, 0.25) is 5.82 Å². The molecule has 162 valence electrons. The quantitative estimate of drug-likeness (QED) is 0.805. The summed E-state index contributed by atoms with van der Waals surface area (Å²) >= 11 is 0. The van der Waals surface area contributed by atoms with Crippen LogP contribution in [0.25, 0.3) is 11.0 Å². The molecule has 1 amide bonds. The standard InChI is InChI=1S/C22H32N6O2/c1-15-14-16(2)24-19-18(15)21(28-10-12-30-13-11-28)26-20(25-19)22(29)23-7-9-27-8-5-4-6-17(27)3/h14,17H,4-13H2,1-3H3,(H,23,29). The lowest BCUT2D eigenvalue weighted by Crippen LogP contribution is -2.42. The minimum absolute atomic E-state index is 0.188. The van der Waals surface area contributed by atoms with Crippen molar-refractivity contribution in [3.8, 4) is 0 Å². The van der Waals surface area contributed by atoms with Gasteiger partial charge in [0.25, 0.3) is 5.91 Å². The van der Waals surface area contributed by atoms with Crippen molar-refractivity contribution in [2.24, 2.45) is 0 Å². The molecule has 0 aliphatic carbocycles. The maximum absolute atomic E-state index is 12.9. The van der Waals surface area contributed by atoms with E-state index >= 15 is 0 Å². The number of amides is 1. The second-order valence-electron chi connectivity index (χ2n) is 8.39. The molecule has 2 aliphatic heterocycles. The van der Waals surface area contributed by atoms with Crippen LogP contribution in [0.2, 0.25) is 0 Å². The summed E-state index contributed by atoms with van der Waals surface area (Å²) in [6, 6.07) is 2.62. The van der Waals surface area contributed by atoms with E-state index in [-0.39, 0.29) is 11.7 Å². The number of anilines is 1. The van der Waals surface area contributed by atoms with Crippen LogP contribution in [0.5, 0.6) is 0 Å². The van der Waals surface area contributed by atoms with Crippen molar-refractivity contribution < 1.29 is 9.53 Å². The molecule has 1 atom stereocenters. The van der Waals surface area contributed by atoms with E-state index in [1.807, 2.05) is 19.9 Å². The Balaban J connectivity index is 1.56. The first kappa shape index (κ1) is 20.9. The highest BCUT2D eigenvalue weighted by atomic mass is 16.5. The molecular weight excluding hydrogens is 380 g/mol. The van der Waals surface area contributed by atoms with Crippen molar-refractivity contribution in [3.63, 3.8) is 0 Å². The number of ether oxygens (including phenoxy) is 1. The molecule has 2 saturated heterocycles. The Labute approximate surface area is 178 Å². The predicted octanol–water partition coefficient (Wildman–Crippen LogP) is 2.08. The van der Waals surface area contributed by atoms with Crippen molar-refractivity contribution in [2.45, 2.75) is 46.1 Å². The molecule has 0 saturated carbocycles. The first-order valence-corrected chi connectivity index (χ1v) is 11.0. The molecule has 0 bridgehead atoms. The number of carbonyl (C=O) groups excluding carboxylic acids is 1. The van der Waals surface area contributed by atoms with Gasteiger partial charge in [-0.05, 0) is 51.8 Å². The number of morpholine rings is 1. The third-order valence-corrected chi connectivity index (χ3v) is 6.11. The minimum atomic E-state index is -0.239. The molecule has 0 radical (unpaired) electrons. The monoisotopic (exact) mass is 412 g/mol. The lowest BCUT2D eigenvalue weighted by Gasteiger charge is -2.33. The zero-order chi connectivity index (χ0) is 21.1. The second kappa shape index (κ2) is 9.22. The SMILES string of the molecule is Cc1cc(C)c2c(N3CCOCC3)nc(C(=O)NCCN3CCCCC3C)nc2n1. The van der Waals surface area contributed by atoms with Crippen molar-refractivity contribution in [1.82, 2.24) is 25.2 Å². The van der Waals surface area contributed by atoms with Crippen LogP contribution < -0.4 is 10.2 Å². The lowest BCUT2D eigenvalue weighted by molar-refractivity contribution is 0.0928. The summed E-state index contributed by atoms with van der Waals surface area (Å²) < 4.78 is 5.50. The zero-order valence-electron chi connectivity index (χ0n) is 18.3. The van der Waals surface area contributed by atoms with Gasteiger partial charge in [-0.3, -0.25) is 9.69 Å². The average Bonchev–Trinajstić information content (AvgIpc) is 2.74. The number of hydrogen-bond donors (Lipinski definition) is 1. The number of aryl methyl sites for hydroxylation is 2. The summed E-state index contributed by atoms with van der Waals surface area (Å²) in [4.78, 5) is 31.3. The van der Waals surface area contributed by atoms with Crippen molar-refractivity contribution >= 4 is 22.8 Å². The van der Waals surface area contributed by atoms with E-state index in [2.05, 4.69) is 37.0 Å². The van der Waals surface area contributed by atoms with Gasteiger partial charge in [0.15, 0.2) is 5.65 Å². The molecule has 30 heavy (non-hydrogen) atoms. The molecule has 2 fully saturated rings. The van der Waals surface area contributed by atoms with Crippen LogP contribution in [0.3, 0.4) is 0 Å². The lowest BCUT2D eigenvalue weighted by atomic mass is 10.0. The maximum atomic E-state index is 12.9. The normalized spacial score (nSPS) is 20.5. The number of nitrogens with one attached hydrogen (secondary N) is 1. The van der Waals surface area contributed by atoms with Gasteiger partial charge in [0.1, 0.15) is 5.82 Å². The Bertz CT molecular complexity index is 912. The van der Waals surface area contributed by atoms with E-state index in [0.29, 0.717) is 31.4 Å². The molecule has 2 aliphatic rings. The molecule has 4 heterocycles. The molecule has 1 unspecified atom stereocenters. The summed E-state index contributed by atoms with van der Waals surface area (Å²) in [5.74, 6) is 0.730. The Kier molecular flexibility index (Phi) is 6.43. The summed E-state index contributed by atoms with van der Waals surface area (Å²) in [7, 11) is 0. The molecule has 8 heteroatoms. The van der Waals surface area contributed by atoms with Crippen LogP contribution >= 0.6 is 0 Å². The molecule has 1 N–H and O–H groups in total. The van der Waals surface area contributed by atoms with Crippen LogP contribution in [0.4, 0.5) is 5.82 Å². The van der Waals surface area contributed by atoms with Gasteiger partial charge in [-0.25, -0.2) is 15.0 Å². The Morgan fingerprint density at radius 1 is 1.17 bits per heavy atom. The van der Waals surface area contributed by atoms with Gasteiger partial charge in [-0.1, -0.05) is 6.42 Å². The molecule has 2 aromatic rings. The maximum Gasteiger partial charge on any atom is 0.289 e. The van der Waals surface area contributed by atoms with Crippen LogP contribution in [0, 0.1) is 13.8 Å². The van der Waals surface area contributed by atoms with Crippen LogP contribution in [0.1, 0.15) is 48.1 Å². The van der Waals surface area contributed by atoms with Gasteiger partial charge in [-0.15, -0.1) is 0 Å². The van der Waals surface area contributed by atoms with Crippen molar-refractivity contribution in [1.29, 1.82) is 0 Å². The number of aromatic nitrogens is 3. The first-order valence-electron chi connectivity index (χ1n) is 11.0. The van der Waals surface area contributed by atoms with E-state index < -0.39 is 0 Å². The molecular formula is C22H32N6O2. The predicted molar refractivity (Wildman–Crippen MR) is 117 cm³/mol. The van der Waals surface area contributed by atoms with Crippen molar-refractivity contribution in [3.05, 3.63) is 23.1 Å². The first-order chi connectivity index (χ1) is 14.5. The second-order valence-corrected chi connectivity index (χ2v) is 8.39. The van der Waals surface area contributed by atoms with Crippen LogP contribution in [0.15, 0.2) is 6.07 Å². The fourth-order valence-electron chi connectivity index (χ4n) is 4.44. The summed E-state index contributed by atoms with van der Waals surface area (Å²) in [5, 5.41) is 3.93. The van der Waals surface area contributed by atoms with Crippen molar-refractivity contribution in [2.75, 3.05) is 50.8 Å². The van der Waals surface area contributed by atoms with E-state index in [1.165, 1.54) is 19.3 Å². The highest BCUT2D eigenvalue weighted by molar-refractivity contribution is 5.96. The third kappa shape index (κ3) is 4.54. The summed E-state index contributed by atoms with van der Waals surface area (Å²) in [6.45, 7) is 11.6. The highest BCUT2D eigenvalue weighted by Gasteiger charge is 2.23. The van der Waals surface area contributed by atoms with Gasteiger partial charge in [0.05, 0.1) is 18.6 Å². The number of piperidine rings is 1. The van der Waals surface area contributed by atoms with Gasteiger partial charge in [-0.2, -0.15) is 0 Å². The third-order valence-electron chi connectivity index (χ3n) is 6.11. The largest absolute Gasteiger partial charge is 0.378 e. The number of rotatable bonds is 5. The summed E-state index contributed by atoms with van der Waals surface area (Å²) in [6.07, 6.45) is 3.76. The Hall–Kier alpha value is -2.32. The molecule has 4 rings (SSSR count). The molecule has 2 aromatic heterocycles. The molecule has 0 aromatic carbocycles. The van der Waals surface area contributed by atoms with Crippen LogP contribution in [-0.4, -0.2) is 77.7 Å². The van der Waals surface area contributed by atoms with Gasteiger partial charge < -0.3 is 15.0 Å². The van der Waals surface area contributed by atoms with E-state index in [0.717, 1.165) is 48.6 Å². The molecule has 8 nitrogen and oxygen atoms in total. The number of nitrogens with zero attached hydrogens (tertiary/aromatic N) is 5. The number of carbonyl (C=O) groups is 1. The summed E-state index contributed by atoms with van der Waals surface area (Å²) in [5.41, 5.74) is 2.54. The van der Waals surface area contributed by atoms with E-state index in [4.69, 9.17) is 4.74 Å². The Morgan fingerprint density at radius 3 is 2.73 bits per heavy atom. The van der Waals surface area contributed by atoms with E-state index in [1.54, 1.807) is 0 Å². The fourth-order valence-corrected chi connectivity index (χ4v) is 4.44. The topological polar surface area (TPSA) is 83.5 Å². The van der Waals surface area contributed by atoms with Gasteiger partial charge >= 0.3 is 0 Å². The number of pyridine rings is 1. The Morgan fingerprint density at radius 2 is 1.97 bits per heavy atom. The smallest absolute Gasteiger partial charge is 0.289 e. The zero-order valence-corrected chi connectivity index (χ0v) is 18.3.